The lowest BCUT2D eigenvalue weighted by Crippen LogP contribution is -2.29. The van der Waals surface area contributed by atoms with Gasteiger partial charge < -0.3 is 10.2 Å². The topological polar surface area (TPSA) is 41.1 Å². The van der Waals surface area contributed by atoms with Gasteiger partial charge in [0, 0.05) is 18.8 Å². The zero-order chi connectivity index (χ0) is 13.8. The molecule has 1 aromatic carbocycles. The van der Waals surface area contributed by atoms with Crippen LogP contribution in [0.4, 0.5) is 11.5 Å². The Hall–Kier alpha value is -2.10. The van der Waals surface area contributed by atoms with Crippen LogP contribution in [0.1, 0.15) is 24.6 Å². The van der Waals surface area contributed by atoms with Gasteiger partial charge in [0.05, 0.1) is 24.6 Å². The van der Waals surface area contributed by atoms with Crippen LogP contribution in [-0.4, -0.2) is 23.1 Å². The molecule has 0 spiro atoms. The Kier molecular flexibility index (Phi) is 3.81. The van der Waals surface area contributed by atoms with Crippen molar-refractivity contribution in [3.63, 3.8) is 0 Å². The van der Waals surface area contributed by atoms with E-state index in [9.17, 15) is 0 Å². The molecule has 1 aromatic heterocycles. The molecule has 0 amide bonds. The molecule has 0 atom stereocenters. The summed E-state index contributed by atoms with van der Waals surface area (Å²) >= 11 is 0. The Morgan fingerprint density at radius 1 is 1.20 bits per heavy atom. The Morgan fingerprint density at radius 2 is 2.10 bits per heavy atom. The first kappa shape index (κ1) is 12.9. The summed E-state index contributed by atoms with van der Waals surface area (Å²) in [6.45, 7) is 4.85. The predicted molar refractivity (Wildman–Crippen MR) is 82.0 cm³/mol. The summed E-state index contributed by atoms with van der Waals surface area (Å²) in [6, 6.07) is 8.65. The molecule has 104 valence electrons. The lowest BCUT2D eigenvalue weighted by atomic mass is 10.0. The van der Waals surface area contributed by atoms with Gasteiger partial charge in [-0.2, -0.15) is 0 Å². The third-order valence-corrected chi connectivity index (χ3v) is 3.62. The number of nitrogens with zero attached hydrogens (tertiary/aromatic N) is 3. The van der Waals surface area contributed by atoms with Crippen LogP contribution < -0.4 is 10.2 Å². The molecule has 3 rings (SSSR count). The van der Waals surface area contributed by atoms with Crippen LogP contribution >= 0.6 is 0 Å². The van der Waals surface area contributed by atoms with Gasteiger partial charge in [-0.05, 0) is 31.4 Å². The second-order valence-electron chi connectivity index (χ2n) is 5.08. The van der Waals surface area contributed by atoms with E-state index in [1.165, 1.54) is 24.1 Å². The lowest BCUT2D eigenvalue weighted by molar-refractivity contribution is 0.682. The summed E-state index contributed by atoms with van der Waals surface area (Å²) in [6.07, 6.45) is 6.07. The van der Waals surface area contributed by atoms with Crippen molar-refractivity contribution in [2.75, 3.05) is 23.3 Å². The zero-order valence-electron chi connectivity index (χ0n) is 11.8. The summed E-state index contributed by atoms with van der Waals surface area (Å²) in [7, 11) is 0. The highest BCUT2D eigenvalue weighted by Gasteiger charge is 2.16. The van der Waals surface area contributed by atoms with Crippen molar-refractivity contribution in [3.05, 3.63) is 47.9 Å². The SMILES string of the molecule is CCNc1cnc(CN2CCCc3ccccc32)cn1. The number of nitrogens with one attached hydrogen (secondary N) is 1. The molecule has 2 heterocycles. The molecule has 2 aromatic rings. The van der Waals surface area contributed by atoms with Crippen LogP contribution in [0.15, 0.2) is 36.7 Å². The molecule has 0 radical (unpaired) electrons. The number of fused-ring (bicyclic) bond motifs is 1. The number of para-hydroxylation sites is 1. The third-order valence-electron chi connectivity index (χ3n) is 3.62. The number of benzene rings is 1. The average Bonchev–Trinajstić information content (AvgIpc) is 2.50. The maximum absolute atomic E-state index is 4.50. The van der Waals surface area contributed by atoms with Crippen LogP contribution in [-0.2, 0) is 13.0 Å². The molecule has 1 N–H and O–H groups in total. The largest absolute Gasteiger partial charge is 0.369 e. The molecule has 0 aliphatic carbocycles. The molecule has 4 heteroatoms. The van der Waals surface area contributed by atoms with E-state index in [-0.39, 0.29) is 0 Å². The van der Waals surface area contributed by atoms with Gasteiger partial charge in [-0.15, -0.1) is 0 Å². The number of aromatic nitrogens is 2. The smallest absolute Gasteiger partial charge is 0.144 e. The minimum absolute atomic E-state index is 0.830. The maximum atomic E-state index is 4.50. The quantitative estimate of drug-likeness (QED) is 0.925. The summed E-state index contributed by atoms with van der Waals surface area (Å²) < 4.78 is 0. The molecule has 1 aliphatic rings. The summed E-state index contributed by atoms with van der Waals surface area (Å²) in [5.74, 6) is 0.843. The fourth-order valence-corrected chi connectivity index (χ4v) is 2.68. The van der Waals surface area contributed by atoms with E-state index in [1.807, 2.05) is 12.4 Å². The fraction of sp³-hybridized carbons (Fsp3) is 0.375. The number of hydrogen-bond donors (Lipinski definition) is 1. The van der Waals surface area contributed by atoms with Crippen LogP contribution in [0.25, 0.3) is 0 Å². The molecule has 0 fully saturated rings. The lowest BCUT2D eigenvalue weighted by Gasteiger charge is -2.30. The minimum Gasteiger partial charge on any atom is -0.369 e. The first-order valence-electron chi connectivity index (χ1n) is 7.24. The number of hydrogen-bond acceptors (Lipinski definition) is 4. The van der Waals surface area contributed by atoms with Gasteiger partial charge in [0.15, 0.2) is 0 Å². The highest BCUT2D eigenvalue weighted by molar-refractivity contribution is 5.55. The zero-order valence-corrected chi connectivity index (χ0v) is 11.8. The third kappa shape index (κ3) is 2.74. The van der Waals surface area contributed by atoms with E-state index in [4.69, 9.17) is 0 Å². The van der Waals surface area contributed by atoms with Gasteiger partial charge in [0.25, 0.3) is 0 Å². The standard InChI is InChI=1S/C16H20N4/c1-2-17-16-11-18-14(10-19-16)12-20-9-5-7-13-6-3-4-8-15(13)20/h3-4,6,8,10-11H,2,5,7,9,12H2,1H3,(H,17,19). The highest BCUT2D eigenvalue weighted by Crippen LogP contribution is 2.27. The van der Waals surface area contributed by atoms with Crippen LogP contribution in [0.3, 0.4) is 0 Å². The number of rotatable bonds is 4. The van der Waals surface area contributed by atoms with Gasteiger partial charge in [-0.1, -0.05) is 18.2 Å². The average molecular weight is 268 g/mol. The monoisotopic (exact) mass is 268 g/mol. The summed E-state index contributed by atoms with van der Waals surface area (Å²) in [4.78, 5) is 11.3. The molecule has 0 bridgehead atoms. The first-order chi connectivity index (χ1) is 9.86. The molecule has 0 saturated heterocycles. The van der Waals surface area contributed by atoms with E-state index < -0.39 is 0 Å². The Balaban J connectivity index is 1.75. The summed E-state index contributed by atoms with van der Waals surface area (Å²) in [5.41, 5.74) is 3.80. The van der Waals surface area contributed by atoms with Gasteiger partial charge in [0.1, 0.15) is 5.82 Å². The van der Waals surface area contributed by atoms with E-state index in [2.05, 4.69) is 51.4 Å². The Morgan fingerprint density at radius 3 is 2.90 bits per heavy atom. The number of aryl methyl sites for hydroxylation is 1. The van der Waals surface area contributed by atoms with Gasteiger partial charge >= 0.3 is 0 Å². The second-order valence-corrected chi connectivity index (χ2v) is 5.08. The molecule has 4 nitrogen and oxygen atoms in total. The maximum Gasteiger partial charge on any atom is 0.144 e. The van der Waals surface area contributed by atoms with Gasteiger partial charge in [0.2, 0.25) is 0 Å². The number of anilines is 2. The molecular weight excluding hydrogens is 248 g/mol. The van der Waals surface area contributed by atoms with Crippen molar-refractivity contribution in [2.24, 2.45) is 0 Å². The second kappa shape index (κ2) is 5.90. The van der Waals surface area contributed by atoms with Crippen LogP contribution in [0, 0.1) is 0 Å². The van der Waals surface area contributed by atoms with E-state index in [0.717, 1.165) is 31.1 Å². The predicted octanol–water partition coefficient (Wildman–Crippen LogP) is 2.86. The molecule has 0 saturated carbocycles. The van der Waals surface area contributed by atoms with Gasteiger partial charge in [-0.3, -0.25) is 4.98 Å². The molecule has 1 aliphatic heterocycles. The van der Waals surface area contributed by atoms with Crippen molar-refractivity contribution in [1.82, 2.24) is 9.97 Å². The van der Waals surface area contributed by atoms with Crippen LogP contribution in [0.5, 0.6) is 0 Å². The summed E-state index contributed by atoms with van der Waals surface area (Å²) in [5, 5.41) is 3.17. The van der Waals surface area contributed by atoms with E-state index >= 15 is 0 Å². The minimum atomic E-state index is 0.830. The molecular formula is C16H20N4. The first-order valence-corrected chi connectivity index (χ1v) is 7.24. The Labute approximate surface area is 119 Å². The van der Waals surface area contributed by atoms with Gasteiger partial charge in [-0.25, -0.2) is 4.98 Å². The van der Waals surface area contributed by atoms with Crippen molar-refractivity contribution in [1.29, 1.82) is 0 Å². The van der Waals surface area contributed by atoms with E-state index in [0.29, 0.717) is 0 Å². The van der Waals surface area contributed by atoms with Crippen LogP contribution in [0.2, 0.25) is 0 Å². The Bertz CT molecular complexity index is 565. The van der Waals surface area contributed by atoms with Crippen molar-refractivity contribution in [3.8, 4) is 0 Å². The normalized spacial score (nSPS) is 13.9. The highest BCUT2D eigenvalue weighted by atomic mass is 15.1. The molecule has 0 unspecified atom stereocenters. The van der Waals surface area contributed by atoms with Crippen molar-refractivity contribution >= 4 is 11.5 Å². The van der Waals surface area contributed by atoms with E-state index in [1.54, 1.807) is 0 Å². The fourth-order valence-electron chi connectivity index (χ4n) is 2.68. The van der Waals surface area contributed by atoms with Crippen molar-refractivity contribution < 1.29 is 0 Å². The molecule has 20 heavy (non-hydrogen) atoms. The van der Waals surface area contributed by atoms with Crippen molar-refractivity contribution in [2.45, 2.75) is 26.3 Å².